The number of nitrogens with zero attached hydrogens (tertiary/aromatic N) is 3. The molecule has 2 aromatic heterocycles. The van der Waals surface area contributed by atoms with E-state index in [0.29, 0.717) is 12.1 Å². The molecule has 1 aliphatic carbocycles. The van der Waals surface area contributed by atoms with Crippen molar-refractivity contribution >= 4 is 38.6 Å². The van der Waals surface area contributed by atoms with Gasteiger partial charge in [0.1, 0.15) is 5.52 Å². The van der Waals surface area contributed by atoms with Gasteiger partial charge in [0.05, 0.1) is 17.7 Å². The maximum atomic E-state index is 10.9. The van der Waals surface area contributed by atoms with Crippen molar-refractivity contribution in [3.8, 4) is 0 Å². The van der Waals surface area contributed by atoms with Gasteiger partial charge < -0.3 is 10.4 Å². The van der Waals surface area contributed by atoms with Crippen molar-refractivity contribution in [2.45, 2.75) is 31.8 Å². The van der Waals surface area contributed by atoms with Gasteiger partial charge in [0.15, 0.2) is 0 Å². The fraction of sp³-hybridized carbons (Fsp3) is 0.438. The third-order valence-corrected chi connectivity index (χ3v) is 4.71. The summed E-state index contributed by atoms with van der Waals surface area (Å²) in [6.45, 7) is 2.88. The van der Waals surface area contributed by atoms with Crippen LogP contribution in [0.25, 0.3) is 11.0 Å². The van der Waals surface area contributed by atoms with Gasteiger partial charge in [-0.05, 0) is 47.4 Å². The zero-order valence-corrected chi connectivity index (χ0v) is 14.5. The van der Waals surface area contributed by atoms with Crippen molar-refractivity contribution in [3.63, 3.8) is 0 Å². The number of fused-ring (bicyclic) bond motifs is 1. The van der Waals surface area contributed by atoms with E-state index in [1.165, 1.54) is 0 Å². The molecule has 0 atom stereocenters. The Bertz CT molecular complexity index is 718. The molecule has 0 spiro atoms. The fourth-order valence-corrected chi connectivity index (χ4v) is 3.34. The van der Waals surface area contributed by atoms with Crippen LogP contribution in [0.4, 0.5) is 5.69 Å². The van der Waals surface area contributed by atoms with Gasteiger partial charge in [-0.25, -0.2) is 0 Å². The van der Waals surface area contributed by atoms with Crippen LogP contribution in [-0.2, 0) is 4.79 Å². The zero-order valence-electron chi connectivity index (χ0n) is 12.9. The number of carboxylic acids is 1. The van der Waals surface area contributed by atoms with Gasteiger partial charge in [-0.2, -0.15) is 0 Å². The molecule has 2 N–H and O–H groups in total. The number of hydrogen-bond acceptors (Lipinski definition) is 5. The summed E-state index contributed by atoms with van der Waals surface area (Å²) in [6.07, 6.45) is 5.44. The molecule has 0 bridgehead atoms. The number of halogens is 1. The second-order valence-corrected chi connectivity index (χ2v) is 6.72. The summed E-state index contributed by atoms with van der Waals surface area (Å²) in [4.78, 5) is 21.7. The van der Waals surface area contributed by atoms with E-state index in [-0.39, 0.29) is 6.54 Å². The first kappa shape index (κ1) is 16.1. The molecular formula is C16H19BrN4O2. The highest BCUT2D eigenvalue weighted by atomic mass is 79.9. The number of aliphatic carboxylic acids is 1. The average Bonchev–Trinajstić information content (AvgIpc) is 2.48. The molecule has 6 nitrogen and oxygen atoms in total. The molecule has 3 rings (SSSR count). The fourth-order valence-electron chi connectivity index (χ4n) is 3.02. The van der Waals surface area contributed by atoms with E-state index < -0.39 is 5.97 Å². The maximum Gasteiger partial charge on any atom is 0.317 e. The van der Waals surface area contributed by atoms with E-state index >= 15 is 0 Å². The van der Waals surface area contributed by atoms with Gasteiger partial charge >= 0.3 is 5.97 Å². The second-order valence-electron chi connectivity index (χ2n) is 5.80. The molecular weight excluding hydrogens is 360 g/mol. The van der Waals surface area contributed by atoms with Gasteiger partial charge in [-0.1, -0.05) is 6.92 Å². The number of carbonyl (C=O) groups is 1. The van der Waals surface area contributed by atoms with Gasteiger partial charge in [-0.15, -0.1) is 0 Å². The van der Waals surface area contributed by atoms with Gasteiger partial charge in [-0.3, -0.25) is 19.7 Å². The lowest BCUT2D eigenvalue weighted by Gasteiger charge is -2.42. The Kier molecular flexibility index (Phi) is 4.77. The summed E-state index contributed by atoms with van der Waals surface area (Å²) < 4.78 is 0.908. The lowest BCUT2D eigenvalue weighted by Crippen LogP contribution is -2.51. The molecule has 1 fully saturated rings. The number of carboxylic acid groups (broad SMARTS) is 1. The molecule has 0 aromatic carbocycles. The zero-order chi connectivity index (χ0) is 16.4. The Morgan fingerprint density at radius 3 is 2.96 bits per heavy atom. The van der Waals surface area contributed by atoms with Crippen molar-refractivity contribution in [3.05, 3.63) is 29.0 Å². The summed E-state index contributed by atoms with van der Waals surface area (Å²) in [7, 11) is 0. The molecule has 2 heterocycles. The van der Waals surface area contributed by atoms with Crippen LogP contribution in [0.5, 0.6) is 0 Å². The first-order valence-electron chi connectivity index (χ1n) is 7.69. The number of hydrogen-bond donors (Lipinski definition) is 2. The van der Waals surface area contributed by atoms with Gasteiger partial charge in [0, 0.05) is 29.0 Å². The van der Waals surface area contributed by atoms with Crippen LogP contribution >= 0.6 is 15.9 Å². The van der Waals surface area contributed by atoms with Crippen LogP contribution in [-0.4, -0.2) is 51.1 Å². The monoisotopic (exact) mass is 378 g/mol. The van der Waals surface area contributed by atoms with Crippen LogP contribution in [0.15, 0.2) is 29.0 Å². The van der Waals surface area contributed by atoms with E-state index in [0.717, 1.165) is 40.6 Å². The van der Waals surface area contributed by atoms with Crippen molar-refractivity contribution in [1.29, 1.82) is 0 Å². The highest BCUT2D eigenvalue weighted by Crippen LogP contribution is 2.30. The predicted molar refractivity (Wildman–Crippen MR) is 92.6 cm³/mol. The van der Waals surface area contributed by atoms with Gasteiger partial charge in [0.2, 0.25) is 0 Å². The second kappa shape index (κ2) is 6.80. The molecule has 1 saturated carbocycles. The SMILES string of the molecule is CCN(CC(=O)O)C1CC(Nc2ccnc3cc(Br)cnc23)C1. The third-order valence-electron chi connectivity index (χ3n) is 4.28. The predicted octanol–water partition coefficient (Wildman–Crippen LogP) is 2.74. The van der Waals surface area contributed by atoms with Crippen molar-refractivity contribution < 1.29 is 9.90 Å². The topological polar surface area (TPSA) is 78.4 Å². The van der Waals surface area contributed by atoms with Crippen LogP contribution in [0.2, 0.25) is 0 Å². The highest BCUT2D eigenvalue weighted by molar-refractivity contribution is 9.10. The molecule has 23 heavy (non-hydrogen) atoms. The van der Waals surface area contributed by atoms with E-state index in [2.05, 4.69) is 31.2 Å². The van der Waals surface area contributed by atoms with E-state index in [4.69, 9.17) is 5.11 Å². The first-order chi connectivity index (χ1) is 11.1. The number of rotatable bonds is 6. The Balaban J connectivity index is 1.65. The van der Waals surface area contributed by atoms with E-state index in [9.17, 15) is 4.79 Å². The standard InChI is InChI=1S/C16H19BrN4O2/c1-2-21(9-15(22)23)12-6-11(7-12)20-13-3-4-18-14-5-10(17)8-19-16(13)14/h3-5,8,11-12H,2,6-7,9H2,1H3,(H,18,20)(H,22,23). The molecule has 0 radical (unpaired) electrons. The van der Waals surface area contributed by atoms with Crippen LogP contribution in [0.3, 0.4) is 0 Å². The molecule has 0 amide bonds. The van der Waals surface area contributed by atoms with Crippen LogP contribution < -0.4 is 5.32 Å². The summed E-state index contributed by atoms with van der Waals surface area (Å²) in [6, 6.07) is 4.57. The molecule has 7 heteroatoms. The number of likely N-dealkylation sites (N-methyl/N-ethyl adjacent to an activating group) is 1. The summed E-state index contributed by atoms with van der Waals surface area (Å²) in [5.41, 5.74) is 2.69. The molecule has 122 valence electrons. The first-order valence-corrected chi connectivity index (χ1v) is 8.48. The van der Waals surface area contributed by atoms with Gasteiger partial charge in [0.25, 0.3) is 0 Å². The Morgan fingerprint density at radius 1 is 1.48 bits per heavy atom. The summed E-state index contributed by atoms with van der Waals surface area (Å²) >= 11 is 3.41. The van der Waals surface area contributed by atoms with Crippen molar-refractivity contribution in [1.82, 2.24) is 14.9 Å². The number of pyridine rings is 2. The summed E-state index contributed by atoms with van der Waals surface area (Å²) in [5, 5.41) is 12.5. The lowest BCUT2D eigenvalue weighted by atomic mass is 9.85. The normalized spacial score (nSPS) is 20.5. The van der Waals surface area contributed by atoms with E-state index in [1.54, 1.807) is 12.4 Å². The summed E-state index contributed by atoms with van der Waals surface area (Å²) in [5.74, 6) is -0.766. The quantitative estimate of drug-likeness (QED) is 0.804. The molecule has 0 aliphatic heterocycles. The number of nitrogens with one attached hydrogen (secondary N) is 1. The highest BCUT2D eigenvalue weighted by Gasteiger charge is 2.34. The van der Waals surface area contributed by atoms with Crippen molar-refractivity contribution in [2.75, 3.05) is 18.4 Å². The van der Waals surface area contributed by atoms with Crippen LogP contribution in [0, 0.1) is 0 Å². The minimum Gasteiger partial charge on any atom is -0.480 e. The number of anilines is 1. The Hall–Kier alpha value is -1.73. The molecule has 0 saturated heterocycles. The Labute approximate surface area is 143 Å². The largest absolute Gasteiger partial charge is 0.480 e. The van der Waals surface area contributed by atoms with E-state index in [1.807, 2.05) is 24.0 Å². The maximum absolute atomic E-state index is 10.9. The average molecular weight is 379 g/mol. The molecule has 2 aromatic rings. The Morgan fingerprint density at radius 2 is 2.26 bits per heavy atom. The molecule has 1 aliphatic rings. The lowest BCUT2D eigenvalue weighted by molar-refractivity contribution is -0.139. The number of aromatic nitrogens is 2. The smallest absolute Gasteiger partial charge is 0.317 e. The minimum absolute atomic E-state index is 0.113. The van der Waals surface area contributed by atoms with Crippen molar-refractivity contribution in [2.24, 2.45) is 0 Å². The minimum atomic E-state index is -0.766. The molecule has 0 unspecified atom stereocenters. The third kappa shape index (κ3) is 3.61. The van der Waals surface area contributed by atoms with Crippen LogP contribution in [0.1, 0.15) is 19.8 Å².